The Bertz CT molecular complexity index is 1580. The van der Waals surface area contributed by atoms with E-state index in [1.807, 2.05) is 17.0 Å². The Hall–Kier alpha value is -3.50. The predicted molar refractivity (Wildman–Crippen MR) is 170 cm³/mol. The quantitative estimate of drug-likeness (QED) is 0.207. The zero-order chi connectivity index (χ0) is 29.8. The number of carboxylic acids is 1. The molecule has 3 aromatic carbocycles. The van der Waals surface area contributed by atoms with Crippen molar-refractivity contribution < 1.29 is 24.1 Å². The number of carbonyl (C=O) groups is 1. The Balaban J connectivity index is 1.20. The number of morpholine rings is 1. The first kappa shape index (κ1) is 29.6. The van der Waals surface area contributed by atoms with Gasteiger partial charge in [-0.2, -0.15) is 0 Å². The topological polar surface area (TPSA) is 84.4 Å². The van der Waals surface area contributed by atoms with E-state index in [1.54, 1.807) is 18.4 Å². The van der Waals surface area contributed by atoms with Gasteiger partial charge in [-0.1, -0.05) is 30.3 Å². The lowest BCUT2D eigenvalue weighted by atomic mass is 9.96. The summed E-state index contributed by atoms with van der Waals surface area (Å²) >= 11 is 1.66. The van der Waals surface area contributed by atoms with Crippen molar-refractivity contribution in [3.8, 4) is 33.2 Å². The summed E-state index contributed by atoms with van der Waals surface area (Å²) in [5.41, 5.74) is 6.41. The summed E-state index contributed by atoms with van der Waals surface area (Å²) < 4.78 is 18.4. The number of nitrogens with zero attached hydrogens (tertiary/aromatic N) is 3. The number of rotatable bonds is 11. The molecule has 1 aromatic heterocycles. The van der Waals surface area contributed by atoms with E-state index >= 15 is 0 Å². The van der Waals surface area contributed by atoms with Crippen LogP contribution in [0.4, 0.5) is 0 Å². The minimum Gasteiger partial charge on any atom is -0.496 e. The molecule has 226 valence electrons. The standard InChI is InChI=1S/C34H39N3O5S/c1-23-27(24-7-3-8-26(19-24)42-16-6-12-36-14-17-41-18-15-36)9-4-10-28(23)33-35-29-21-31(40-2)25(20-32(29)43-33)22-37-13-5-11-30(37)34(38)39/h3-4,7-10,19-21,30H,5-6,11-18,22H2,1-2H3,(H,38,39). The molecule has 9 heteroatoms. The van der Waals surface area contributed by atoms with Crippen molar-refractivity contribution in [3.63, 3.8) is 0 Å². The molecule has 4 aromatic rings. The molecule has 43 heavy (non-hydrogen) atoms. The predicted octanol–water partition coefficient (Wildman–Crippen LogP) is 6.10. The zero-order valence-corrected chi connectivity index (χ0v) is 25.7. The van der Waals surface area contributed by atoms with Crippen LogP contribution in [0, 0.1) is 6.92 Å². The van der Waals surface area contributed by atoms with E-state index in [2.05, 4.69) is 54.3 Å². The number of carboxylic acid groups (broad SMARTS) is 1. The first-order valence-corrected chi connectivity index (χ1v) is 15.9. The lowest BCUT2D eigenvalue weighted by molar-refractivity contribution is -0.142. The highest BCUT2D eigenvalue weighted by molar-refractivity contribution is 7.21. The molecule has 2 saturated heterocycles. The first-order chi connectivity index (χ1) is 21.0. The van der Waals surface area contributed by atoms with E-state index in [1.165, 1.54) is 5.56 Å². The van der Waals surface area contributed by atoms with Crippen molar-refractivity contribution in [1.82, 2.24) is 14.8 Å². The molecule has 2 aliphatic heterocycles. The summed E-state index contributed by atoms with van der Waals surface area (Å²) in [6.45, 7) is 8.83. The Morgan fingerprint density at radius 1 is 1.09 bits per heavy atom. The largest absolute Gasteiger partial charge is 0.496 e. The number of aliphatic carboxylic acids is 1. The third kappa shape index (κ3) is 6.70. The van der Waals surface area contributed by atoms with Crippen LogP contribution in [0.5, 0.6) is 11.5 Å². The molecule has 0 radical (unpaired) electrons. The van der Waals surface area contributed by atoms with Crippen LogP contribution in [-0.4, -0.2) is 85.0 Å². The van der Waals surface area contributed by atoms with Gasteiger partial charge >= 0.3 is 5.97 Å². The van der Waals surface area contributed by atoms with E-state index in [4.69, 9.17) is 19.2 Å². The van der Waals surface area contributed by atoms with Crippen molar-refractivity contribution >= 4 is 27.5 Å². The average molecular weight is 602 g/mol. The molecule has 0 bridgehead atoms. The fourth-order valence-corrected chi connectivity index (χ4v) is 7.27. The number of hydrogen-bond donors (Lipinski definition) is 1. The molecule has 2 fully saturated rings. The van der Waals surface area contributed by atoms with E-state index in [9.17, 15) is 9.90 Å². The summed E-state index contributed by atoms with van der Waals surface area (Å²) in [6.07, 6.45) is 2.57. The minimum absolute atomic E-state index is 0.443. The molecule has 6 rings (SSSR count). The summed E-state index contributed by atoms with van der Waals surface area (Å²) in [4.78, 5) is 21.2. The maximum absolute atomic E-state index is 11.7. The molecule has 8 nitrogen and oxygen atoms in total. The molecule has 1 unspecified atom stereocenters. The summed E-state index contributed by atoms with van der Waals surface area (Å²) in [5, 5.41) is 10.6. The Morgan fingerprint density at radius 3 is 2.72 bits per heavy atom. The van der Waals surface area contributed by atoms with Gasteiger partial charge in [0.1, 0.15) is 22.5 Å². The Labute approximate surface area is 256 Å². The maximum Gasteiger partial charge on any atom is 0.320 e. The van der Waals surface area contributed by atoms with Crippen LogP contribution in [0.15, 0.2) is 54.6 Å². The molecule has 0 aliphatic carbocycles. The second-order valence-electron chi connectivity index (χ2n) is 11.3. The van der Waals surface area contributed by atoms with Crippen molar-refractivity contribution in [1.29, 1.82) is 0 Å². The number of benzene rings is 3. The molecule has 0 saturated carbocycles. The molecular weight excluding hydrogens is 562 g/mol. The lowest BCUT2D eigenvalue weighted by Gasteiger charge is -2.26. The zero-order valence-electron chi connectivity index (χ0n) is 24.9. The second-order valence-corrected chi connectivity index (χ2v) is 12.3. The van der Waals surface area contributed by atoms with Gasteiger partial charge in [0.2, 0.25) is 0 Å². The third-order valence-electron chi connectivity index (χ3n) is 8.51. The van der Waals surface area contributed by atoms with E-state index in [-0.39, 0.29) is 0 Å². The molecule has 1 N–H and O–H groups in total. The molecule has 3 heterocycles. The van der Waals surface area contributed by atoms with E-state index < -0.39 is 12.0 Å². The van der Waals surface area contributed by atoms with Gasteiger partial charge in [0.25, 0.3) is 0 Å². The fourth-order valence-electron chi connectivity index (χ4n) is 6.18. The van der Waals surface area contributed by atoms with Gasteiger partial charge in [-0.15, -0.1) is 11.3 Å². The molecule has 0 spiro atoms. The van der Waals surface area contributed by atoms with Crippen molar-refractivity contribution in [2.45, 2.75) is 38.8 Å². The summed E-state index contributed by atoms with van der Waals surface area (Å²) in [6, 6.07) is 18.4. The first-order valence-electron chi connectivity index (χ1n) is 15.1. The van der Waals surface area contributed by atoms with Crippen LogP contribution < -0.4 is 9.47 Å². The van der Waals surface area contributed by atoms with Gasteiger partial charge in [0, 0.05) is 43.4 Å². The molecule has 1 atom stereocenters. The van der Waals surface area contributed by atoms with Gasteiger partial charge in [0.05, 0.1) is 37.1 Å². The average Bonchev–Trinajstić information content (AvgIpc) is 3.66. The van der Waals surface area contributed by atoms with E-state index in [0.717, 1.165) is 101 Å². The lowest BCUT2D eigenvalue weighted by Crippen LogP contribution is -2.37. The molecule has 0 amide bonds. The van der Waals surface area contributed by atoms with Crippen LogP contribution in [0.1, 0.15) is 30.4 Å². The number of fused-ring (bicyclic) bond motifs is 1. The van der Waals surface area contributed by atoms with Crippen molar-refractivity contribution in [3.05, 3.63) is 65.7 Å². The van der Waals surface area contributed by atoms with Crippen LogP contribution in [0.2, 0.25) is 0 Å². The number of thiazole rings is 1. The maximum atomic E-state index is 11.7. The van der Waals surface area contributed by atoms with E-state index in [0.29, 0.717) is 19.6 Å². The summed E-state index contributed by atoms with van der Waals surface area (Å²) in [7, 11) is 1.66. The van der Waals surface area contributed by atoms with Crippen molar-refractivity contribution in [2.24, 2.45) is 0 Å². The molecule has 2 aliphatic rings. The minimum atomic E-state index is -0.756. The highest BCUT2D eigenvalue weighted by atomic mass is 32.1. The van der Waals surface area contributed by atoms with Crippen LogP contribution in [-0.2, 0) is 16.1 Å². The van der Waals surface area contributed by atoms with Crippen LogP contribution in [0.25, 0.3) is 31.9 Å². The number of likely N-dealkylation sites (tertiary alicyclic amines) is 1. The fraction of sp³-hybridized carbons (Fsp3) is 0.412. The van der Waals surface area contributed by atoms with Gasteiger partial charge in [-0.3, -0.25) is 14.6 Å². The number of hydrogen-bond acceptors (Lipinski definition) is 8. The third-order valence-corrected chi connectivity index (χ3v) is 9.56. The second kappa shape index (κ2) is 13.4. The SMILES string of the molecule is COc1cc2nc(-c3cccc(-c4cccc(OCCCN5CCOCC5)c4)c3C)sc2cc1CN1CCCC1C(=O)O. The molecular formula is C34H39N3O5S. The highest BCUT2D eigenvalue weighted by Gasteiger charge is 2.31. The van der Waals surface area contributed by atoms with Gasteiger partial charge in [0.15, 0.2) is 0 Å². The van der Waals surface area contributed by atoms with Crippen molar-refractivity contribution in [2.75, 3.05) is 53.1 Å². The smallest absolute Gasteiger partial charge is 0.320 e. The van der Waals surface area contributed by atoms with Gasteiger partial charge < -0.3 is 19.3 Å². The normalized spacial score (nSPS) is 17.9. The van der Waals surface area contributed by atoms with Gasteiger partial charge in [-0.25, -0.2) is 4.98 Å². The van der Waals surface area contributed by atoms with Crippen LogP contribution in [0.3, 0.4) is 0 Å². The monoisotopic (exact) mass is 601 g/mol. The summed E-state index contributed by atoms with van der Waals surface area (Å²) in [5.74, 6) is 0.869. The Kier molecular flexibility index (Phi) is 9.23. The number of methoxy groups -OCH3 is 1. The van der Waals surface area contributed by atoms with Gasteiger partial charge in [-0.05, 0) is 67.6 Å². The Morgan fingerprint density at radius 2 is 1.91 bits per heavy atom. The highest BCUT2D eigenvalue weighted by Crippen LogP contribution is 2.39. The number of ether oxygens (including phenoxy) is 3. The number of aromatic nitrogens is 1. The van der Waals surface area contributed by atoms with Crippen LogP contribution >= 0.6 is 11.3 Å².